The van der Waals surface area contributed by atoms with E-state index in [4.69, 9.17) is 0 Å². The number of sulfonamides is 1. The Hall–Kier alpha value is -1.40. The first kappa shape index (κ1) is 24.6. The van der Waals surface area contributed by atoms with Crippen molar-refractivity contribution in [3.05, 3.63) is 35.9 Å². The van der Waals surface area contributed by atoms with Gasteiger partial charge in [-0.3, -0.25) is 9.79 Å². The third-order valence-electron chi connectivity index (χ3n) is 4.41. The van der Waals surface area contributed by atoms with Crippen LogP contribution in [0.1, 0.15) is 25.3 Å². The molecule has 0 aromatic heterocycles. The lowest BCUT2D eigenvalue weighted by Gasteiger charge is -2.18. The van der Waals surface area contributed by atoms with Crippen LogP contribution in [0.4, 0.5) is 0 Å². The van der Waals surface area contributed by atoms with Crippen molar-refractivity contribution in [3.63, 3.8) is 0 Å². The highest BCUT2D eigenvalue weighted by molar-refractivity contribution is 14.0. The zero-order valence-electron chi connectivity index (χ0n) is 16.3. The van der Waals surface area contributed by atoms with E-state index in [1.165, 1.54) is 0 Å². The predicted octanol–water partition coefficient (Wildman–Crippen LogP) is 0.900. The van der Waals surface area contributed by atoms with Gasteiger partial charge < -0.3 is 15.5 Å². The maximum absolute atomic E-state index is 12.1. The number of carbonyl (C=O) groups is 1. The van der Waals surface area contributed by atoms with E-state index < -0.39 is 10.0 Å². The molecule has 0 spiro atoms. The summed E-state index contributed by atoms with van der Waals surface area (Å²) in [4.78, 5) is 17.7. The zero-order valence-corrected chi connectivity index (χ0v) is 19.5. The third-order valence-corrected chi connectivity index (χ3v) is 5.74. The molecule has 1 fully saturated rings. The lowest BCUT2D eigenvalue weighted by molar-refractivity contribution is -0.129. The van der Waals surface area contributed by atoms with Gasteiger partial charge in [-0.15, -0.1) is 24.0 Å². The van der Waals surface area contributed by atoms with Crippen molar-refractivity contribution < 1.29 is 13.2 Å². The van der Waals surface area contributed by atoms with Gasteiger partial charge in [0.25, 0.3) is 0 Å². The molecule has 1 heterocycles. The van der Waals surface area contributed by atoms with Gasteiger partial charge in [0.2, 0.25) is 15.9 Å². The quantitative estimate of drug-likeness (QED) is 0.267. The molecule has 1 aliphatic rings. The van der Waals surface area contributed by atoms with Crippen molar-refractivity contribution in [2.75, 3.05) is 32.4 Å². The maximum Gasteiger partial charge on any atom is 0.222 e. The molecule has 1 aromatic rings. The molecule has 1 saturated heterocycles. The smallest absolute Gasteiger partial charge is 0.222 e. The van der Waals surface area contributed by atoms with Gasteiger partial charge in [0.05, 0.1) is 5.75 Å². The van der Waals surface area contributed by atoms with Crippen LogP contribution in [-0.2, 0) is 21.4 Å². The summed E-state index contributed by atoms with van der Waals surface area (Å²) in [5, 5.41) is 6.27. The van der Waals surface area contributed by atoms with E-state index in [1.807, 2.05) is 42.2 Å². The largest absolute Gasteiger partial charge is 0.355 e. The summed E-state index contributed by atoms with van der Waals surface area (Å²) in [6.07, 6.45) is 1.36. The Morgan fingerprint density at radius 2 is 2.00 bits per heavy atom. The second kappa shape index (κ2) is 12.2. The molecule has 0 bridgehead atoms. The van der Waals surface area contributed by atoms with Crippen molar-refractivity contribution in [2.24, 2.45) is 4.99 Å². The summed E-state index contributed by atoms with van der Waals surface area (Å²) in [6, 6.07) is 9.52. The Morgan fingerprint density at radius 1 is 1.29 bits per heavy atom. The first-order chi connectivity index (χ1) is 12.9. The van der Waals surface area contributed by atoms with Gasteiger partial charge >= 0.3 is 0 Å². The fourth-order valence-corrected chi connectivity index (χ4v) is 3.78. The van der Waals surface area contributed by atoms with E-state index in [-0.39, 0.29) is 54.8 Å². The minimum Gasteiger partial charge on any atom is -0.355 e. The van der Waals surface area contributed by atoms with Crippen LogP contribution in [-0.4, -0.2) is 63.7 Å². The van der Waals surface area contributed by atoms with Crippen LogP contribution in [0.25, 0.3) is 0 Å². The van der Waals surface area contributed by atoms with Crippen LogP contribution in [0.5, 0.6) is 0 Å². The molecule has 8 nitrogen and oxygen atoms in total. The number of aliphatic imine (C=N–C) groups is 1. The highest BCUT2D eigenvalue weighted by atomic mass is 127. The minimum atomic E-state index is -3.38. The molecule has 3 N–H and O–H groups in total. The fourth-order valence-electron chi connectivity index (χ4n) is 2.88. The Balaban J connectivity index is 0.00000392. The first-order valence-electron chi connectivity index (χ1n) is 9.19. The molecule has 1 aromatic carbocycles. The summed E-state index contributed by atoms with van der Waals surface area (Å²) in [6.45, 7) is 3.76. The maximum atomic E-state index is 12.1. The number of rotatable bonds is 8. The zero-order chi connectivity index (χ0) is 19.7. The molecule has 0 saturated carbocycles. The standard InChI is InChI=1S/C18H29N5O3S.HI/c1-3-17(24)23-11-9-16(14-23)22-18(19-2)20-10-12-27(25,26)21-13-15-7-5-4-6-8-15;/h4-8,16,21H,3,9-14H2,1-2H3,(H2,19,20,22);1H. The fraction of sp³-hybridized carbons (Fsp3) is 0.556. The molecule has 158 valence electrons. The number of likely N-dealkylation sites (tertiary alicyclic amines) is 1. The van der Waals surface area contributed by atoms with Crippen LogP contribution < -0.4 is 15.4 Å². The molecule has 2 rings (SSSR count). The van der Waals surface area contributed by atoms with Crippen LogP contribution in [0.15, 0.2) is 35.3 Å². The molecule has 28 heavy (non-hydrogen) atoms. The number of amides is 1. The van der Waals surface area contributed by atoms with E-state index >= 15 is 0 Å². The number of nitrogens with one attached hydrogen (secondary N) is 3. The van der Waals surface area contributed by atoms with Gasteiger partial charge in [-0.05, 0) is 12.0 Å². The Kier molecular flexibility index (Phi) is 10.8. The predicted molar refractivity (Wildman–Crippen MR) is 122 cm³/mol. The van der Waals surface area contributed by atoms with Crippen molar-refractivity contribution in [1.82, 2.24) is 20.3 Å². The molecule has 1 atom stereocenters. The van der Waals surface area contributed by atoms with Crippen LogP contribution in [0.2, 0.25) is 0 Å². The number of nitrogens with zero attached hydrogens (tertiary/aromatic N) is 2. The number of hydrogen-bond acceptors (Lipinski definition) is 4. The molecule has 1 unspecified atom stereocenters. The minimum absolute atomic E-state index is 0. The van der Waals surface area contributed by atoms with Crippen molar-refractivity contribution in [2.45, 2.75) is 32.4 Å². The van der Waals surface area contributed by atoms with Crippen molar-refractivity contribution in [1.29, 1.82) is 0 Å². The summed E-state index contributed by atoms with van der Waals surface area (Å²) in [5.74, 6) is 0.646. The van der Waals surface area contributed by atoms with Crippen LogP contribution >= 0.6 is 24.0 Å². The Bertz CT molecular complexity index is 743. The molecule has 10 heteroatoms. The lowest BCUT2D eigenvalue weighted by atomic mass is 10.2. The molecule has 0 aliphatic carbocycles. The normalized spacial score (nSPS) is 17.1. The summed E-state index contributed by atoms with van der Waals surface area (Å²) in [5.41, 5.74) is 0.916. The average Bonchev–Trinajstić information content (AvgIpc) is 3.14. The van der Waals surface area contributed by atoms with Crippen LogP contribution in [0.3, 0.4) is 0 Å². The first-order valence-corrected chi connectivity index (χ1v) is 10.8. The second-order valence-corrected chi connectivity index (χ2v) is 8.37. The van der Waals surface area contributed by atoms with Crippen molar-refractivity contribution in [3.8, 4) is 0 Å². The SMILES string of the molecule is CCC(=O)N1CCC(NC(=NC)NCCS(=O)(=O)NCc2ccccc2)C1.I. The van der Waals surface area contributed by atoms with E-state index in [9.17, 15) is 13.2 Å². The van der Waals surface area contributed by atoms with E-state index in [2.05, 4.69) is 20.3 Å². The average molecular weight is 523 g/mol. The Morgan fingerprint density at radius 3 is 2.64 bits per heavy atom. The Labute approximate surface area is 184 Å². The highest BCUT2D eigenvalue weighted by Gasteiger charge is 2.25. The number of benzene rings is 1. The number of guanidine groups is 1. The molecular weight excluding hydrogens is 493 g/mol. The van der Waals surface area contributed by atoms with Gasteiger partial charge in [0.15, 0.2) is 5.96 Å². The van der Waals surface area contributed by atoms with Gasteiger partial charge in [0, 0.05) is 45.7 Å². The third kappa shape index (κ3) is 8.31. The monoisotopic (exact) mass is 523 g/mol. The number of hydrogen-bond donors (Lipinski definition) is 3. The summed E-state index contributed by atoms with van der Waals surface area (Å²) in [7, 11) is -1.74. The molecular formula is C18H30IN5O3S. The topological polar surface area (TPSA) is 103 Å². The molecule has 0 radical (unpaired) electrons. The van der Waals surface area contributed by atoms with Crippen molar-refractivity contribution >= 4 is 45.9 Å². The van der Waals surface area contributed by atoms with E-state index in [0.29, 0.717) is 18.9 Å². The van der Waals surface area contributed by atoms with E-state index in [1.54, 1.807) is 7.05 Å². The van der Waals surface area contributed by atoms with Gasteiger partial charge in [-0.2, -0.15) is 0 Å². The van der Waals surface area contributed by atoms with Gasteiger partial charge in [-0.25, -0.2) is 13.1 Å². The summed E-state index contributed by atoms with van der Waals surface area (Å²) < 4.78 is 26.8. The second-order valence-electron chi connectivity index (χ2n) is 6.45. The number of halogens is 1. The molecule has 1 aliphatic heterocycles. The summed E-state index contributed by atoms with van der Waals surface area (Å²) >= 11 is 0. The van der Waals surface area contributed by atoms with Crippen LogP contribution in [0, 0.1) is 0 Å². The highest BCUT2D eigenvalue weighted by Crippen LogP contribution is 2.10. The molecule has 1 amide bonds. The van der Waals surface area contributed by atoms with Gasteiger partial charge in [0.1, 0.15) is 0 Å². The van der Waals surface area contributed by atoms with Gasteiger partial charge in [-0.1, -0.05) is 37.3 Å². The lowest BCUT2D eigenvalue weighted by Crippen LogP contribution is -2.46. The van der Waals surface area contributed by atoms with E-state index in [0.717, 1.165) is 18.5 Å². The number of carbonyl (C=O) groups excluding carboxylic acids is 1.